The fourth-order valence-corrected chi connectivity index (χ4v) is 8.00. The van der Waals surface area contributed by atoms with E-state index in [1.165, 1.54) is 0 Å². The van der Waals surface area contributed by atoms with E-state index < -0.39 is 5.41 Å². The first kappa shape index (κ1) is 32.9. The van der Waals surface area contributed by atoms with Gasteiger partial charge in [0.25, 0.3) is 0 Å². The van der Waals surface area contributed by atoms with E-state index >= 15 is 0 Å². The highest BCUT2D eigenvalue weighted by Gasteiger charge is 2.45. The third kappa shape index (κ3) is 5.60. The fraction of sp³-hybridized carbons (Fsp3) is 0.0196. The highest BCUT2D eigenvalue weighted by atomic mass is 16.5. The zero-order valence-corrected chi connectivity index (χ0v) is 30.2. The van der Waals surface area contributed by atoms with E-state index in [0.717, 1.165) is 72.3 Å². The van der Waals surface area contributed by atoms with E-state index in [2.05, 4.69) is 150 Å². The van der Waals surface area contributed by atoms with E-state index in [9.17, 15) is 0 Å². The van der Waals surface area contributed by atoms with E-state index in [1.54, 1.807) is 12.1 Å². The van der Waals surface area contributed by atoms with Crippen molar-refractivity contribution in [2.45, 2.75) is 5.41 Å². The molecule has 0 amide bonds. The van der Waals surface area contributed by atoms with Crippen LogP contribution in [0, 0.1) is 6.57 Å². The third-order valence-corrected chi connectivity index (χ3v) is 10.7. The number of fused-ring (bicyclic) bond motifs is 3. The van der Waals surface area contributed by atoms with Crippen LogP contribution in [0.5, 0.6) is 11.5 Å². The maximum Gasteiger partial charge on any atom is 0.187 e. The molecule has 262 valence electrons. The summed E-state index contributed by atoms with van der Waals surface area (Å²) >= 11 is 0. The molecule has 9 aromatic rings. The molecule has 10 rings (SSSR count). The molecular weight excluding hydrogens is 685 g/mol. The summed E-state index contributed by atoms with van der Waals surface area (Å²) in [5.41, 5.74) is 9.08. The van der Waals surface area contributed by atoms with Crippen LogP contribution in [0.25, 0.3) is 60.9 Å². The van der Waals surface area contributed by atoms with Gasteiger partial charge in [0.1, 0.15) is 11.5 Å². The Hall–Kier alpha value is -7.68. The summed E-state index contributed by atoms with van der Waals surface area (Å²) in [5, 5.41) is 2.26. The lowest BCUT2D eigenvalue weighted by molar-refractivity contribution is 0.434. The normalized spacial score (nSPS) is 12.6. The summed E-state index contributed by atoms with van der Waals surface area (Å²) in [5.74, 6) is 3.35. The highest BCUT2D eigenvalue weighted by Crippen LogP contribution is 2.55. The third-order valence-electron chi connectivity index (χ3n) is 10.7. The van der Waals surface area contributed by atoms with E-state index in [-0.39, 0.29) is 0 Å². The second-order valence-corrected chi connectivity index (χ2v) is 13.9. The summed E-state index contributed by atoms with van der Waals surface area (Å²) in [6.07, 6.45) is 0. The van der Waals surface area contributed by atoms with E-state index in [1.807, 2.05) is 36.4 Å². The van der Waals surface area contributed by atoms with Gasteiger partial charge in [-0.3, -0.25) is 0 Å². The predicted octanol–water partition coefficient (Wildman–Crippen LogP) is 12.7. The molecule has 0 saturated heterocycles. The largest absolute Gasteiger partial charge is 0.457 e. The van der Waals surface area contributed by atoms with Gasteiger partial charge in [-0.15, -0.1) is 0 Å². The van der Waals surface area contributed by atoms with Crippen LogP contribution < -0.4 is 4.74 Å². The average Bonchev–Trinajstić information content (AvgIpc) is 3.28. The van der Waals surface area contributed by atoms with Crippen LogP contribution in [0.2, 0.25) is 0 Å². The molecule has 0 saturated carbocycles. The minimum atomic E-state index is -0.624. The topological polar surface area (TPSA) is 52.3 Å². The van der Waals surface area contributed by atoms with Gasteiger partial charge in [0, 0.05) is 27.8 Å². The van der Waals surface area contributed by atoms with Gasteiger partial charge in [-0.2, -0.15) is 0 Å². The van der Waals surface area contributed by atoms with E-state index in [4.69, 9.17) is 26.3 Å². The minimum Gasteiger partial charge on any atom is -0.457 e. The van der Waals surface area contributed by atoms with Gasteiger partial charge in [-0.25, -0.2) is 19.8 Å². The molecule has 8 aromatic carbocycles. The summed E-state index contributed by atoms with van der Waals surface area (Å²) < 4.78 is 6.67. The Morgan fingerprint density at radius 2 is 0.929 bits per heavy atom. The maximum absolute atomic E-state index is 7.44. The molecule has 5 nitrogen and oxygen atoms in total. The van der Waals surface area contributed by atoms with Crippen LogP contribution in [0.4, 0.5) is 5.69 Å². The second-order valence-electron chi connectivity index (χ2n) is 13.9. The van der Waals surface area contributed by atoms with Crippen LogP contribution in [0.15, 0.2) is 194 Å². The van der Waals surface area contributed by atoms with Crippen molar-refractivity contribution in [1.82, 2.24) is 15.0 Å². The molecule has 0 atom stereocenters. The number of hydrogen-bond acceptors (Lipinski definition) is 4. The molecular formula is C51H32N4O. The Labute approximate surface area is 325 Å². The Morgan fingerprint density at radius 1 is 0.393 bits per heavy atom. The number of hydrogen-bond donors (Lipinski definition) is 0. The quantitative estimate of drug-likeness (QED) is 0.161. The van der Waals surface area contributed by atoms with Gasteiger partial charge in [0.15, 0.2) is 23.2 Å². The smallest absolute Gasteiger partial charge is 0.187 e. The zero-order valence-electron chi connectivity index (χ0n) is 30.2. The van der Waals surface area contributed by atoms with Crippen LogP contribution in [0.1, 0.15) is 22.3 Å². The van der Waals surface area contributed by atoms with Crippen molar-refractivity contribution in [1.29, 1.82) is 0 Å². The van der Waals surface area contributed by atoms with Gasteiger partial charge in [0.05, 0.1) is 12.0 Å². The van der Waals surface area contributed by atoms with Crippen LogP contribution in [0.3, 0.4) is 0 Å². The summed E-state index contributed by atoms with van der Waals surface area (Å²) in [4.78, 5) is 18.7. The van der Waals surface area contributed by atoms with Gasteiger partial charge >= 0.3 is 0 Å². The van der Waals surface area contributed by atoms with Crippen molar-refractivity contribution in [3.8, 4) is 56.8 Å². The summed E-state index contributed by atoms with van der Waals surface area (Å²) in [7, 11) is 0. The molecule has 0 N–H and O–H groups in total. The predicted molar refractivity (Wildman–Crippen MR) is 224 cm³/mol. The lowest BCUT2D eigenvalue weighted by Gasteiger charge is -2.41. The molecule has 2 heterocycles. The highest BCUT2D eigenvalue weighted by molar-refractivity contribution is 5.87. The molecule has 1 aromatic heterocycles. The molecule has 56 heavy (non-hydrogen) atoms. The number of nitrogens with zero attached hydrogens (tertiary/aromatic N) is 4. The monoisotopic (exact) mass is 716 g/mol. The van der Waals surface area contributed by atoms with Gasteiger partial charge in [-0.05, 0) is 63.4 Å². The van der Waals surface area contributed by atoms with Crippen molar-refractivity contribution < 1.29 is 4.74 Å². The van der Waals surface area contributed by atoms with Gasteiger partial charge in [0.2, 0.25) is 0 Å². The van der Waals surface area contributed by atoms with Crippen molar-refractivity contribution in [3.05, 3.63) is 228 Å². The van der Waals surface area contributed by atoms with Crippen molar-refractivity contribution in [2.75, 3.05) is 0 Å². The molecule has 1 aliphatic rings. The second kappa shape index (κ2) is 13.6. The summed E-state index contributed by atoms with van der Waals surface area (Å²) in [6.45, 7) is 7.44. The van der Waals surface area contributed by atoms with Crippen molar-refractivity contribution >= 4 is 16.5 Å². The van der Waals surface area contributed by atoms with Crippen LogP contribution >= 0.6 is 0 Å². The first-order valence-corrected chi connectivity index (χ1v) is 18.5. The lowest BCUT2D eigenvalue weighted by Crippen LogP contribution is -2.34. The van der Waals surface area contributed by atoms with E-state index in [0.29, 0.717) is 23.2 Å². The molecule has 0 radical (unpaired) electrons. The van der Waals surface area contributed by atoms with Gasteiger partial charge < -0.3 is 4.74 Å². The Morgan fingerprint density at radius 3 is 1.64 bits per heavy atom. The standard InChI is InChI=1S/C51H32N4O/c1-52-43-28-25-35(26-29-43)48-53-49(55-50(54-48)40-24-23-34-13-8-9-14-36(34)31-40)39-16-12-15-37(32-39)38-27-30-47-45(33-38)51(41-17-4-2-5-18-41,42-19-6-3-7-20-42)44-21-10-11-22-46(44)56-47/h2-33H. The molecule has 0 unspecified atom stereocenters. The molecule has 0 fully saturated rings. The summed E-state index contributed by atoms with van der Waals surface area (Å²) in [6, 6.07) is 66.6. The zero-order chi connectivity index (χ0) is 37.5. The minimum absolute atomic E-state index is 0.542. The average molecular weight is 717 g/mol. The molecule has 0 bridgehead atoms. The SMILES string of the molecule is [C-]#[N+]c1ccc(-c2nc(-c3cccc(-c4ccc5c(c4)C(c4ccccc4)(c4ccccc4)c4ccccc4O5)c3)nc(-c3ccc4ccccc4c3)n2)cc1. The van der Waals surface area contributed by atoms with Crippen LogP contribution in [-0.2, 0) is 5.41 Å². The first-order valence-electron chi connectivity index (χ1n) is 18.5. The number of aromatic nitrogens is 3. The molecule has 0 spiro atoms. The first-order chi connectivity index (χ1) is 27.7. The van der Waals surface area contributed by atoms with Crippen molar-refractivity contribution in [2.24, 2.45) is 0 Å². The van der Waals surface area contributed by atoms with Gasteiger partial charge in [-0.1, -0.05) is 164 Å². The molecule has 5 heteroatoms. The fourth-order valence-electron chi connectivity index (χ4n) is 8.00. The van der Waals surface area contributed by atoms with Crippen LogP contribution in [-0.4, -0.2) is 15.0 Å². The number of para-hydroxylation sites is 1. The maximum atomic E-state index is 7.44. The Kier molecular flexibility index (Phi) is 8.01. The Balaban J connectivity index is 1.14. The number of benzene rings is 8. The number of rotatable bonds is 6. The molecule has 1 aliphatic heterocycles. The lowest BCUT2D eigenvalue weighted by atomic mass is 9.63. The Bertz CT molecular complexity index is 2910. The number of ether oxygens (including phenoxy) is 1. The molecule has 0 aliphatic carbocycles. The van der Waals surface area contributed by atoms with Crippen molar-refractivity contribution in [3.63, 3.8) is 0 Å².